The average molecular weight is 297 g/mol. The number of hydrogen-bond acceptors (Lipinski definition) is 4. The van der Waals surface area contributed by atoms with E-state index in [1.807, 2.05) is 31.2 Å². The molecule has 1 aliphatic rings. The van der Waals surface area contributed by atoms with Crippen LogP contribution >= 0.6 is 11.6 Å². The van der Waals surface area contributed by atoms with Crippen molar-refractivity contribution in [1.29, 1.82) is 0 Å². The van der Waals surface area contributed by atoms with E-state index in [2.05, 4.69) is 10.2 Å². The third-order valence-corrected chi connectivity index (χ3v) is 4.23. The minimum atomic E-state index is -0.748. The van der Waals surface area contributed by atoms with Gasteiger partial charge in [0.1, 0.15) is 5.54 Å². The lowest BCUT2D eigenvalue weighted by molar-refractivity contribution is -0.157. The summed E-state index contributed by atoms with van der Waals surface area (Å²) >= 11 is 6.11. The van der Waals surface area contributed by atoms with Crippen molar-refractivity contribution in [3.05, 3.63) is 34.9 Å². The largest absolute Gasteiger partial charge is 0.467 e. The van der Waals surface area contributed by atoms with Gasteiger partial charge in [0.2, 0.25) is 0 Å². The Morgan fingerprint density at radius 2 is 2.15 bits per heavy atom. The third kappa shape index (κ3) is 2.68. The number of nitrogens with zero attached hydrogens (tertiary/aromatic N) is 1. The fraction of sp³-hybridized carbons (Fsp3) is 0.533. The summed E-state index contributed by atoms with van der Waals surface area (Å²) in [4.78, 5) is 14.7. The molecule has 0 bridgehead atoms. The predicted molar refractivity (Wildman–Crippen MR) is 79.9 cm³/mol. The number of rotatable bonds is 4. The first-order valence-electron chi connectivity index (χ1n) is 6.95. The molecule has 1 N–H and O–H groups in total. The van der Waals surface area contributed by atoms with Crippen molar-refractivity contribution in [3.63, 3.8) is 0 Å². The normalized spacial score (nSPS) is 19.4. The molecule has 1 saturated heterocycles. The van der Waals surface area contributed by atoms with Gasteiger partial charge in [0, 0.05) is 31.2 Å². The number of carbonyl (C=O) groups excluding carboxylic acids is 1. The monoisotopic (exact) mass is 296 g/mol. The predicted octanol–water partition coefficient (Wildman–Crippen LogP) is 2.02. The molecule has 0 amide bonds. The Bertz CT molecular complexity index is 475. The van der Waals surface area contributed by atoms with Crippen molar-refractivity contribution in [3.8, 4) is 0 Å². The summed E-state index contributed by atoms with van der Waals surface area (Å²) in [5.41, 5.74) is 0.156. The molecule has 0 aromatic heterocycles. The van der Waals surface area contributed by atoms with E-state index in [4.69, 9.17) is 16.3 Å². The number of nitrogens with one attached hydrogen (secondary N) is 1. The Balaban J connectivity index is 2.49. The van der Waals surface area contributed by atoms with E-state index in [0.717, 1.165) is 31.7 Å². The first-order chi connectivity index (χ1) is 9.65. The molecule has 1 aliphatic heterocycles. The second kappa shape index (κ2) is 6.57. The maximum absolute atomic E-state index is 12.5. The van der Waals surface area contributed by atoms with Gasteiger partial charge in [0.15, 0.2) is 0 Å². The molecule has 1 aromatic rings. The summed E-state index contributed by atoms with van der Waals surface area (Å²) < 4.78 is 5.11. The summed E-state index contributed by atoms with van der Waals surface area (Å²) in [6, 6.07) is 7.52. The third-order valence-electron chi connectivity index (χ3n) is 3.99. The van der Waals surface area contributed by atoms with E-state index in [-0.39, 0.29) is 5.97 Å². The first-order valence-corrected chi connectivity index (χ1v) is 7.33. The van der Waals surface area contributed by atoms with E-state index in [0.29, 0.717) is 11.4 Å². The fourth-order valence-electron chi connectivity index (χ4n) is 2.96. The van der Waals surface area contributed by atoms with Gasteiger partial charge in [0.05, 0.1) is 7.11 Å². The fourth-order valence-corrected chi connectivity index (χ4v) is 3.15. The highest BCUT2D eigenvalue weighted by atomic mass is 35.5. The molecule has 110 valence electrons. The van der Waals surface area contributed by atoms with Gasteiger partial charge in [-0.25, -0.2) is 4.79 Å². The second-order valence-electron chi connectivity index (χ2n) is 4.95. The molecular formula is C15H21ClN2O2. The van der Waals surface area contributed by atoms with Crippen molar-refractivity contribution >= 4 is 17.6 Å². The number of halogens is 1. The molecule has 2 rings (SSSR count). The molecule has 20 heavy (non-hydrogen) atoms. The molecule has 5 heteroatoms. The summed E-state index contributed by atoms with van der Waals surface area (Å²) in [6.45, 7) is 5.39. The van der Waals surface area contributed by atoms with Crippen molar-refractivity contribution in [2.45, 2.75) is 18.9 Å². The number of carbonyl (C=O) groups is 1. The standard InChI is InChI=1S/C15H21ClN2O2/c1-3-15(14(19)20-2,18-9-7-17-8-10-18)12-5-4-6-13(16)11-12/h4-6,11,17H,3,7-10H2,1-2H3. The zero-order valence-corrected chi connectivity index (χ0v) is 12.7. The smallest absolute Gasteiger partial charge is 0.330 e. The highest BCUT2D eigenvalue weighted by Crippen LogP contribution is 2.35. The van der Waals surface area contributed by atoms with Crippen LogP contribution in [0.15, 0.2) is 24.3 Å². The van der Waals surface area contributed by atoms with Crippen LogP contribution in [0.5, 0.6) is 0 Å². The Morgan fingerprint density at radius 1 is 1.45 bits per heavy atom. The topological polar surface area (TPSA) is 41.6 Å². The molecule has 0 radical (unpaired) electrons. The van der Waals surface area contributed by atoms with Crippen molar-refractivity contribution in [2.24, 2.45) is 0 Å². The lowest BCUT2D eigenvalue weighted by Crippen LogP contribution is -2.58. The minimum absolute atomic E-state index is 0.218. The van der Waals surface area contributed by atoms with Crippen molar-refractivity contribution < 1.29 is 9.53 Å². The number of piperazine rings is 1. The first kappa shape index (κ1) is 15.3. The molecule has 4 nitrogen and oxygen atoms in total. The Kier molecular flexibility index (Phi) is 5.02. The Hall–Kier alpha value is -1.10. The van der Waals surface area contributed by atoms with Crippen LogP contribution in [0.1, 0.15) is 18.9 Å². The van der Waals surface area contributed by atoms with Crippen LogP contribution in [0.4, 0.5) is 0 Å². The molecule has 1 fully saturated rings. The highest BCUT2D eigenvalue weighted by molar-refractivity contribution is 6.30. The summed E-state index contributed by atoms with van der Waals surface area (Å²) in [5.74, 6) is -0.218. The van der Waals surface area contributed by atoms with E-state index in [1.54, 1.807) is 0 Å². The van der Waals surface area contributed by atoms with E-state index in [9.17, 15) is 4.79 Å². The SMILES string of the molecule is CCC(C(=O)OC)(c1cccc(Cl)c1)N1CCNCC1. The molecular weight excluding hydrogens is 276 g/mol. The van der Waals surface area contributed by atoms with Gasteiger partial charge >= 0.3 is 5.97 Å². The Morgan fingerprint density at radius 3 is 2.70 bits per heavy atom. The van der Waals surface area contributed by atoms with Crippen LogP contribution in [0.3, 0.4) is 0 Å². The number of hydrogen-bond donors (Lipinski definition) is 1. The van der Waals surface area contributed by atoms with Crippen molar-refractivity contribution in [2.75, 3.05) is 33.3 Å². The van der Waals surface area contributed by atoms with Crippen LogP contribution in [-0.4, -0.2) is 44.2 Å². The maximum atomic E-state index is 12.5. The van der Waals surface area contributed by atoms with E-state index < -0.39 is 5.54 Å². The van der Waals surface area contributed by atoms with Crippen LogP contribution in [0.25, 0.3) is 0 Å². The summed E-state index contributed by atoms with van der Waals surface area (Å²) in [5, 5.41) is 3.95. The van der Waals surface area contributed by atoms with Crippen LogP contribution in [0, 0.1) is 0 Å². The zero-order chi connectivity index (χ0) is 14.6. The number of ether oxygens (including phenoxy) is 1. The van der Waals surface area contributed by atoms with E-state index >= 15 is 0 Å². The van der Waals surface area contributed by atoms with Gasteiger partial charge in [-0.15, -0.1) is 0 Å². The summed E-state index contributed by atoms with van der Waals surface area (Å²) in [6.07, 6.45) is 0.653. The van der Waals surface area contributed by atoms with Crippen LogP contribution in [-0.2, 0) is 15.1 Å². The Labute approximate surface area is 125 Å². The van der Waals surface area contributed by atoms with Crippen LogP contribution < -0.4 is 5.32 Å². The average Bonchev–Trinajstić information content (AvgIpc) is 2.49. The maximum Gasteiger partial charge on any atom is 0.330 e. The van der Waals surface area contributed by atoms with E-state index in [1.165, 1.54) is 7.11 Å². The lowest BCUT2D eigenvalue weighted by atomic mass is 9.84. The number of benzene rings is 1. The minimum Gasteiger partial charge on any atom is -0.467 e. The highest BCUT2D eigenvalue weighted by Gasteiger charge is 2.45. The molecule has 1 aromatic carbocycles. The van der Waals surface area contributed by atoms with Crippen LogP contribution in [0.2, 0.25) is 5.02 Å². The summed E-state index contributed by atoms with van der Waals surface area (Å²) in [7, 11) is 1.44. The van der Waals surface area contributed by atoms with Gasteiger partial charge in [-0.3, -0.25) is 4.90 Å². The van der Waals surface area contributed by atoms with Crippen molar-refractivity contribution in [1.82, 2.24) is 10.2 Å². The van der Waals surface area contributed by atoms with Gasteiger partial charge in [-0.1, -0.05) is 30.7 Å². The number of methoxy groups -OCH3 is 1. The van der Waals surface area contributed by atoms with Gasteiger partial charge < -0.3 is 10.1 Å². The lowest BCUT2D eigenvalue weighted by Gasteiger charge is -2.43. The molecule has 1 heterocycles. The van der Waals surface area contributed by atoms with Gasteiger partial charge in [-0.05, 0) is 24.1 Å². The van der Waals surface area contributed by atoms with Gasteiger partial charge in [-0.2, -0.15) is 0 Å². The number of esters is 1. The zero-order valence-electron chi connectivity index (χ0n) is 12.0. The molecule has 0 spiro atoms. The molecule has 1 atom stereocenters. The second-order valence-corrected chi connectivity index (χ2v) is 5.39. The van der Waals surface area contributed by atoms with Gasteiger partial charge in [0.25, 0.3) is 0 Å². The molecule has 1 unspecified atom stereocenters. The molecule has 0 saturated carbocycles. The quantitative estimate of drug-likeness (QED) is 0.863. The molecule has 0 aliphatic carbocycles.